The zero-order valence-corrected chi connectivity index (χ0v) is 15.8. The van der Waals surface area contributed by atoms with Gasteiger partial charge in [-0.1, -0.05) is 41.6 Å². The van der Waals surface area contributed by atoms with E-state index in [0.717, 1.165) is 10.8 Å². The number of aryl methyl sites for hydroxylation is 1. The van der Waals surface area contributed by atoms with Gasteiger partial charge < -0.3 is 19.9 Å². The maximum atomic E-state index is 12.2. The normalized spacial score (nSPS) is 11.9. The fourth-order valence-electron chi connectivity index (χ4n) is 2.66. The highest BCUT2D eigenvalue weighted by atomic mass is 16.5. The van der Waals surface area contributed by atoms with Crippen molar-refractivity contribution in [2.45, 2.75) is 25.9 Å². The average Bonchev–Trinajstić information content (AvgIpc) is 3.19. The van der Waals surface area contributed by atoms with Gasteiger partial charge in [-0.15, -0.1) is 0 Å². The molecule has 0 aliphatic rings. The van der Waals surface area contributed by atoms with Crippen LogP contribution in [-0.2, 0) is 20.7 Å². The predicted molar refractivity (Wildman–Crippen MR) is 104 cm³/mol. The number of ether oxygens (including phenoxy) is 1. The van der Waals surface area contributed by atoms with Crippen LogP contribution in [0.1, 0.15) is 31.2 Å². The molecule has 3 rings (SSSR count). The number of benzene rings is 2. The van der Waals surface area contributed by atoms with Gasteiger partial charge in [0.15, 0.2) is 5.82 Å². The summed E-state index contributed by atoms with van der Waals surface area (Å²) < 4.78 is 10.2. The van der Waals surface area contributed by atoms with Gasteiger partial charge in [0, 0.05) is 31.0 Å². The lowest BCUT2D eigenvalue weighted by molar-refractivity contribution is -0.124. The van der Waals surface area contributed by atoms with Crippen LogP contribution < -0.4 is 10.6 Å². The van der Waals surface area contributed by atoms with Crippen LogP contribution in [-0.4, -0.2) is 35.6 Å². The zero-order valence-electron chi connectivity index (χ0n) is 15.8. The molecule has 0 aliphatic carbocycles. The smallest absolute Gasteiger partial charge is 0.243 e. The maximum absolute atomic E-state index is 12.2. The molecule has 28 heavy (non-hydrogen) atoms. The van der Waals surface area contributed by atoms with Crippen molar-refractivity contribution in [1.82, 2.24) is 15.5 Å². The van der Waals surface area contributed by atoms with Crippen LogP contribution in [0.2, 0.25) is 0 Å². The number of methoxy groups -OCH3 is 1. The number of carbonyl (C=O) groups is 2. The fraction of sp³-hybridized carbons (Fsp3) is 0.300. The summed E-state index contributed by atoms with van der Waals surface area (Å²) in [5.41, 5.74) is 0.711. The molecule has 0 aliphatic heterocycles. The van der Waals surface area contributed by atoms with E-state index in [-0.39, 0.29) is 30.9 Å². The molecule has 1 aromatic heterocycles. The Balaban J connectivity index is 1.46. The van der Waals surface area contributed by atoms with Crippen molar-refractivity contribution in [1.29, 1.82) is 0 Å². The molecule has 2 N–H and O–H groups in total. The number of amides is 2. The highest BCUT2D eigenvalue weighted by molar-refractivity contribution is 6.03. The molecule has 8 heteroatoms. The van der Waals surface area contributed by atoms with Crippen molar-refractivity contribution in [3.63, 3.8) is 0 Å². The molecule has 1 atom stereocenters. The maximum Gasteiger partial charge on any atom is 0.243 e. The van der Waals surface area contributed by atoms with E-state index < -0.39 is 0 Å². The highest BCUT2D eigenvalue weighted by Gasteiger charge is 2.14. The van der Waals surface area contributed by atoms with E-state index in [1.54, 1.807) is 14.0 Å². The second-order valence-electron chi connectivity index (χ2n) is 6.28. The lowest BCUT2D eigenvalue weighted by Gasteiger charge is -2.09. The van der Waals surface area contributed by atoms with Crippen LogP contribution in [0, 0.1) is 0 Å². The predicted octanol–water partition coefficient (Wildman–Crippen LogP) is 2.62. The monoisotopic (exact) mass is 382 g/mol. The van der Waals surface area contributed by atoms with E-state index in [1.807, 2.05) is 42.5 Å². The fourth-order valence-corrected chi connectivity index (χ4v) is 2.66. The van der Waals surface area contributed by atoms with Crippen molar-refractivity contribution in [2.75, 3.05) is 19.0 Å². The number of anilines is 1. The van der Waals surface area contributed by atoms with E-state index in [4.69, 9.17) is 9.26 Å². The Morgan fingerprint density at radius 2 is 1.93 bits per heavy atom. The van der Waals surface area contributed by atoms with Gasteiger partial charge in [0.2, 0.25) is 17.7 Å². The second kappa shape index (κ2) is 9.09. The number of fused-ring (bicyclic) bond motifs is 1. The summed E-state index contributed by atoms with van der Waals surface area (Å²) in [6.07, 6.45) is 0.161. The molecule has 0 bridgehead atoms. The average molecular weight is 382 g/mol. The number of hydrogen-bond donors (Lipinski definition) is 2. The van der Waals surface area contributed by atoms with Gasteiger partial charge in [-0.2, -0.15) is 4.98 Å². The second-order valence-corrected chi connectivity index (χ2v) is 6.28. The number of nitrogens with zero attached hydrogens (tertiary/aromatic N) is 2. The molecular weight excluding hydrogens is 360 g/mol. The van der Waals surface area contributed by atoms with Crippen molar-refractivity contribution in [2.24, 2.45) is 0 Å². The van der Waals surface area contributed by atoms with Crippen LogP contribution in [0.4, 0.5) is 5.69 Å². The Kier molecular flexibility index (Phi) is 6.33. The van der Waals surface area contributed by atoms with E-state index in [9.17, 15) is 9.59 Å². The van der Waals surface area contributed by atoms with Gasteiger partial charge >= 0.3 is 0 Å². The van der Waals surface area contributed by atoms with Crippen LogP contribution >= 0.6 is 0 Å². The first-order valence-electron chi connectivity index (χ1n) is 8.96. The van der Waals surface area contributed by atoms with Crippen molar-refractivity contribution in [3.8, 4) is 0 Å². The minimum Gasteiger partial charge on any atom is -0.374 e. The van der Waals surface area contributed by atoms with E-state index in [0.29, 0.717) is 23.8 Å². The number of nitrogens with one attached hydrogen (secondary N) is 2. The molecule has 0 saturated carbocycles. The van der Waals surface area contributed by atoms with Gasteiger partial charge in [0.05, 0.1) is 6.54 Å². The Labute approximate surface area is 162 Å². The van der Waals surface area contributed by atoms with Crippen LogP contribution in [0.15, 0.2) is 47.0 Å². The first-order chi connectivity index (χ1) is 13.6. The Hall–Kier alpha value is -3.26. The van der Waals surface area contributed by atoms with Gasteiger partial charge in [-0.05, 0) is 18.4 Å². The molecular formula is C20H22N4O4. The summed E-state index contributed by atoms with van der Waals surface area (Å²) in [6.45, 7) is 1.69. The van der Waals surface area contributed by atoms with Gasteiger partial charge in [-0.25, -0.2) is 0 Å². The van der Waals surface area contributed by atoms with Crippen LogP contribution in [0.25, 0.3) is 10.8 Å². The molecule has 0 spiro atoms. The van der Waals surface area contributed by atoms with Gasteiger partial charge in [0.25, 0.3) is 0 Å². The molecule has 2 amide bonds. The SMILES string of the molecule is COC(C)c1noc(CCC(=O)NCC(=O)Nc2cccc3ccccc23)n1. The minimum absolute atomic E-state index is 0.113. The molecule has 146 valence electrons. The van der Waals surface area contributed by atoms with Gasteiger partial charge in [0.1, 0.15) is 6.10 Å². The molecule has 1 unspecified atom stereocenters. The largest absolute Gasteiger partial charge is 0.374 e. The molecule has 1 heterocycles. The van der Waals surface area contributed by atoms with Gasteiger partial charge in [-0.3, -0.25) is 9.59 Å². The molecule has 0 saturated heterocycles. The van der Waals surface area contributed by atoms with E-state index >= 15 is 0 Å². The third-order valence-electron chi connectivity index (χ3n) is 4.28. The third kappa shape index (κ3) is 4.92. The van der Waals surface area contributed by atoms with Crippen LogP contribution in [0.3, 0.4) is 0 Å². The number of carbonyl (C=O) groups excluding carboxylic acids is 2. The van der Waals surface area contributed by atoms with E-state index in [2.05, 4.69) is 20.8 Å². The number of hydrogen-bond acceptors (Lipinski definition) is 6. The lowest BCUT2D eigenvalue weighted by atomic mass is 10.1. The zero-order chi connectivity index (χ0) is 19.9. The first kappa shape index (κ1) is 19.5. The highest BCUT2D eigenvalue weighted by Crippen LogP contribution is 2.22. The summed E-state index contributed by atoms with van der Waals surface area (Å²) in [4.78, 5) is 28.3. The van der Waals surface area contributed by atoms with Crippen molar-refractivity contribution < 1.29 is 18.8 Å². The summed E-state index contributed by atoms with van der Waals surface area (Å²) >= 11 is 0. The van der Waals surface area contributed by atoms with Crippen LogP contribution in [0.5, 0.6) is 0 Å². The summed E-state index contributed by atoms with van der Waals surface area (Å²) in [6, 6.07) is 13.4. The number of rotatable bonds is 8. The summed E-state index contributed by atoms with van der Waals surface area (Å²) in [7, 11) is 1.55. The number of aromatic nitrogens is 2. The Morgan fingerprint density at radius 1 is 1.14 bits per heavy atom. The molecule has 2 aromatic carbocycles. The molecule has 0 fully saturated rings. The molecule has 3 aromatic rings. The summed E-state index contributed by atoms with van der Waals surface area (Å²) in [5, 5.41) is 11.2. The minimum atomic E-state index is -0.293. The lowest BCUT2D eigenvalue weighted by Crippen LogP contribution is -2.33. The quantitative estimate of drug-likeness (QED) is 0.620. The van der Waals surface area contributed by atoms with Crippen molar-refractivity contribution in [3.05, 3.63) is 54.2 Å². The topological polar surface area (TPSA) is 106 Å². The molecule has 8 nitrogen and oxygen atoms in total. The first-order valence-corrected chi connectivity index (χ1v) is 8.96. The third-order valence-corrected chi connectivity index (χ3v) is 4.28. The van der Waals surface area contributed by atoms with E-state index in [1.165, 1.54) is 0 Å². The molecule has 0 radical (unpaired) electrons. The standard InChI is InChI=1S/C20H22N4O4/c1-13(27-2)20-23-19(28-24-20)11-10-17(25)21-12-18(26)22-16-9-5-7-14-6-3-4-8-15(14)16/h3-9,13H,10-12H2,1-2H3,(H,21,25)(H,22,26). The van der Waals surface area contributed by atoms with Crippen molar-refractivity contribution >= 4 is 28.3 Å². The Morgan fingerprint density at radius 3 is 2.75 bits per heavy atom. The Bertz CT molecular complexity index is 964. The summed E-state index contributed by atoms with van der Waals surface area (Å²) in [5.74, 6) is 0.230.